The van der Waals surface area contributed by atoms with Crippen LogP contribution in [0.25, 0.3) is 16.6 Å². The molecule has 230 valence electrons. The van der Waals surface area contributed by atoms with Gasteiger partial charge in [-0.15, -0.1) is 0 Å². The van der Waals surface area contributed by atoms with E-state index in [2.05, 4.69) is 5.10 Å². The highest BCUT2D eigenvalue weighted by Crippen LogP contribution is 2.59. The van der Waals surface area contributed by atoms with Gasteiger partial charge in [0, 0.05) is 37.2 Å². The van der Waals surface area contributed by atoms with E-state index in [-0.39, 0.29) is 36.9 Å². The van der Waals surface area contributed by atoms with Gasteiger partial charge in [-0.25, -0.2) is 4.68 Å². The van der Waals surface area contributed by atoms with Crippen molar-refractivity contribution in [2.45, 2.75) is 50.2 Å². The SMILES string of the molecule is C[C@H]1[C@H]([Si](C)(C)O)[C@@H](CC(=O)N(CCO)Cc2ccccc2)O[C@]12C(=O)N(C)c1ccc(-n3[nH]c4ccccc4c3=O)cc12. The summed E-state index contributed by atoms with van der Waals surface area (Å²) < 4.78 is 8.23. The van der Waals surface area contributed by atoms with Crippen LogP contribution in [-0.4, -0.2) is 71.0 Å². The number of para-hydroxylation sites is 1. The molecular formula is C33H38N4O6Si. The van der Waals surface area contributed by atoms with E-state index in [1.54, 1.807) is 29.0 Å². The Kier molecular flexibility index (Phi) is 7.61. The number of rotatable bonds is 8. The summed E-state index contributed by atoms with van der Waals surface area (Å²) in [6.07, 6.45) is -0.780. The number of anilines is 1. The molecule has 3 N–H and O–H groups in total. The van der Waals surface area contributed by atoms with Crippen LogP contribution in [0.4, 0.5) is 5.69 Å². The van der Waals surface area contributed by atoms with Crippen LogP contribution in [0.15, 0.2) is 77.6 Å². The van der Waals surface area contributed by atoms with E-state index in [1.807, 2.05) is 80.7 Å². The maximum absolute atomic E-state index is 14.2. The summed E-state index contributed by atoms with van der Waals surface area (Å²) in [6, 6.07) is 22.2. The van der Waals surface area contributed by atoms with E-state index in [4.69, 9.17) is 4.74 Å². The molecule has 1 spiro atoms. The van der Waals surface area contributed by atoms with Crippen molar-refractivity contribution in [1.29, 1.82) is 0 Å². The molecule has 3 heterocycles. The number of H-pyrrole nitrogens is 1. The Hall–Kier alpha value is -4.03. The second kappa shape index (κ2) is 11.2. The van der Waals surface area contributed by atoms with E-state index in [0.29, 0.717) is 34.4 Å². The molecule has 0 aliphatic carbocycles. The fourth-order valence-electron chi connectivity index (χ4n) is 7.27. The number of amides is 2. The van der Waals surface area contributed by atoms with Crippen molar-refractivity contribution in [3.8, 4) is 5.69 Å². The van der Waals surface area contributed by atoms with Gasteiger partial charge in [0.1, 0.15) is 0 Å². The third-order valence-electron chi connectivity index (χ3n) is 9.26. The average Bonchev–Trinajstić information content (AvgIpc) is 3.57. The number of nitrogens with one attached hydrogen (secondary N) is 1. The summed E-state index contributed by atoms with van der Waals surface area (Å²) in [4.78, 5) is 55.9. The molecular weight excluding hydrogens is 576 g/mol. The van der Waals surface area contributed by atoms with E-state index < -0.39 is 31.5 Å². The molecule has 0 radical (unpaired) electrons. The zero-order valence-corrected chi connectivity index (χ0v) is 26.4. The molecule has 1 fully saturated rings. The molecule has 4 aromatic rings. The summed E-state index contributed by atoms with van der Waals surface area (Å²) in [6.45, 7) is 5.82. The third-order valence-corrected chi connectivity index (χ3v) is 11.8. The Morgan fingerprint density at radius 3 is 2.45 bits per heavy atom. The number of hydrogen-bond donors (Lipinski definition) is 3. The number of carbonyl (C=O) groups excluding carboxylic acids is 2. The van der Waals surface area contributed by atoms with Crippen LogP contribution >= 0.6 is 0 Å². The minimum atomic E-state index is -3.00. The molecule has 0 saturated carbocycles. The number of benzene rings is 3. The molecule has 2 aliphatic heterocycles. The van der Waals surface area contributed by atoms with Gasteiger partial charge in [-0.05, 0) is 49.0 Å². The van der Waals surface area contributed by atoms with Crippen LogP contribution in [0.2, 0.25) is 18.6 Å². The number of nitrogens with zero attached hydrogens (tertiary/aromatic N) is 3. The molecule has 1 saturated heterocycles. The predicted molar refractivity (Wildman–Crippen MR) is 170 cm³/mol. The van der Waals surface area contributed by atoms with E-state index in [0.717, 1.165) is 5.56 Å². The average molecular weight is 615 g/mol. The highest BCUT2D eigenvalue weighted by Gasteiger charge is 2.66. The number of carbonyl (C=O) groups is 2. The number of aromatic nitrogens is 2. The Morgan fingerprint density at radius 2 is 1.77 bits per heavy atom. The number of hydrogen-bond acceptors (Lipinski definition) is 6. The first-order valence-electron chi connectivity index (χ1n) is 14.9. The Morgan fingerprint density at radius 1 is 1.07 bits per heavy atom. The monoisotopic (exact) mass is 614 g/mol. The molecule has 3 aromatic carbocycles. The normalized spacial score (nSPS) is 23.1. The van der Waals surface area contributed by atoms with Crippen molar-refractivity contribution in [2.75, 3.05) is 25.1 Å². The third kappa shape index (κ3) is 4.80. The van der Waals surface area contributed by atoms with Crippen molar-refractivity contribution in [3.63, 3.8) is 0 Å². The van der Waals surface area contributed by atoms with Gasteiger partial charge < -0.3 is 24.4 Å². The molecule has 1 aromatic heterocycles. The molecule has 2 aliphatic rings. The van der Waals surface area contributed by atoms with Crippen molar-refractivity contribution < 1.29 is 24.2 Å². The standard InChI is InChI=1S/C33H38N4O6Si/c1-21-30(44(3,4)42)28(19-29(39)36(16-17-38)20-22-10-6-5-7-11-22)43-33(21)25-18-23(14-15-27(25)35(2)32(33)41)37-31(40)24-12-8-9-13-26(24)34-37/h5-15,18,21,28,30,34,38,42H,16-17,19-20H2,1-4H3/t21-,28+,30-,33+/m0/s1. The topological polar surface area (TPSA) is 128 Å². The Balaban J connectivity index is 1.39. The summed E-state index contributed by atoms with van der Waals surface area (Å²) in [5.74, 6) is -0.952. The lowest BCUT2D eigenvalue weighted by molar-refractivity contribution is -0.149. The second-order valence-electron chi connectivity index (χ2n) is 12.5. The highest BCUT2D eigenvalue weighted by molar-refractivity contribution is 6.71. The van der Waals surface area contributed by atoms with Crippen molar-refractivity contribution in [3.05, 3.63) is 94.3 Å². The number of likely N-dealkylation sites (N-methyl/N-ethyl adjacent to an activating group) is 1. The van der Waals surface area contributed by atoms with Crippen LogP contribution in [0.1, 0.15) is 24.5 Å². The minimum Gasteiger partial charge on any atom is -0.432 e. The maximum atomic E-state index is 14.2. The summed E-state index contributed by atoms with van der Waals surface area (Å²) >= 11 is 0. The minimum absolute atomic E-state index is 0.0475. The first-order chi connectivity index (χ1) is 21.0. The van der Waals surface area contributed by atoms with Gasteiger partial charge >= 0.3 is 0 Å². The number of aromatic amines is 1. The summed E-state index contributed by atoms with van der Waals surface area (Å²) in [7, 11) is -1.30. The van der Waals surface area contributed by atoms with Gasteiger partial charge in [-0.1, -0.05) is 49.4 Å². The molecule has 10 nitrogen and oxygen atoms in total. The fraction of sp³-hybridized carbons (Fsp3) is 0.364. The Bertz CT molecular complexity index is 1780. The van der Waals surface area contributed by atoms with Gasteiger partial charge in [0.15, 0.2) is 13.9 Å². The molecule has 2 amide bonds. The zero-order valence-electron chi connectivity index (χ0n) is 25.4. The maximum Gasteiger partial charge on any atom is 0.279 e. The molecule has 6 rings (SSSR count). The summed E-state index contributed by atoms with van der Waals surface area (Å²) in [5, 5.41) is 13.4. The molecule has 44 heavy (non-hydrogen) atoms. The van der Waals surface area contributed by atoms with E-state index in [9.17, 15) is 24.3 Å². The van der Waals surface area contributed by atoms with E-state index in [1.165, 1.54) is 4.68 Å². The van der Waals surface area contributed by atoms with Gasteiger partial charge in [-0.2, -0.15) is 0 Å². The fourth-order valence-corrected chi connectivity index (χ4v) is 9.82. The molecule has 0 unspecified atom stereocenters. The van der Waals surface area contributed by atoms with Crippen LogP contribution in [0.5, 0.6) is 0 Å². The lowest BCUT2D eigenvalue weighted by Gasteiger charge is -2.32. The molecule has 0 bridgehead atoms. The number of ether oxygens (including phenoxy) is 1. The number of fused-ring (bicyclic) bond motifs is 3. The van der Waals surface area contributed by atoms with Gasteiger partial charge in [0.2, 0.25) is 5.91 Å². The quantitative estimate of drug-likeness (QED) is 0.261. The van der Waals surface area contributed by atoms with Crippen LogP contribution < -0.4 is 10.5 Å². The first kappa shape index (κ1) is 30.0. The lowest BCUT2D eigenvalue weighted by atomic mass is 9.82. The zero-order chi connectivity index (χ0) is 31.4. The Labute approximate surface area is 256 Å². The van der Waals surface area contributed by atoms with Crippen LogP contribution in [0.3, 0.4) is 0 Å². The molecule has 11 heteroatoms. The van der Waals surface area contributed by atoms with Crippen molar-refractivity contribution in [2.24, 2.45) is 5.92 Å². The largest absolute Gasteiger partial charge is 0.432 e. The smallest absolute Gasteiger partial charge is 0.279 e. The van der Waals surface area contributed by atoms with Gasteiger partial charge in [0.25, 0.3) is 11.5 Å². The second-order valence-corrected chi connectivity index (χ2v) is 16.4. The van der Waals surface area contributed by atoms with Gasteiger partial charge in [0.05, 0.1) is 41.4 Å². The predicted octanol–water partition coefficient (Wildman–Crippen LogP) is 3.50. The molecule has 4 atom stereocenters. The van der Waals surface area contributed by atoms with Crippen LogP contribution in [0, 0.1) is 5.92 Å². The lowest BCUT2D eigenvalue weighted by Crippen LogP contribution is -2.45. The summed E-state index contributed by atoms with van der Waals surface area (Å²) in [5.41, 5.74) is 1.35. The number of aliphatic hydroxyl groups excluding tert-OH is 1. The van der Waals surface area contributed by atoms with Crippen LogP contribution in [-0.2, 0) is 26.5 Å². The first-order valence-corrected chi connectivity index (χ1v) is 18.0. The highest BCUT2D eigenvalue weighted by atomic mass is 28.4. The van der Waals surface area contributed by atoms with Crippen molar-refractivity contribution >= 4 is 36.7 Å². The van der Waals surface area contributed by atoms with Gasteiger partial charge in [-0.3, -0.25) is 19.5 Å². The van der Waals surface area contributed by atoms with E-state index >= 15 is 0 Å². The van der Waals surface area contributed by atoms with Crippen molar-refractivity contribution in [1.82, 2.24) is 14.7 Å². The number of aliphatic hydroxyl groups is 1.